The van der Waals surface area contributed by atoms with Crippen molar-refractivity contribution >= 4 is 22.8 Å². The van der Waals surface area contributed by atoms with Gasteiger partial charge in [-0.25, -0.2) is 0 Å². The standard InChI is InChI=1S/C16H19N3O4/c1-11(16(22)23-3)9-18(2)15(21)10-19-13-7-5-4-6-12(13)14(20)8-17-19/h4-8,11H,9-10H2,1-3H3. The number of amides is 1. The average Bonchev–Trinajstić information content (AvgIpc) is 2.56. The summed E-state index contributed by atoms with van der Waals surface area (Å²) in [6.45, 7) is 1.94. The SMILES string of the molecule is COC(=O)C(C)CN(C)C(=O)Cn1ncc(=O)c2ccccc21. The van der Waals surface area contributed by atoms with Crippen molar-refractivity contribution < 1.29 is 14.3 Å². The highest BCUT2D eigenvalue weighted by Gasteiger charge is 2.19. The number of likely N-dealkylation sites (N-methyl/N-ethyl adjacent to an activating group) is 1. The Morgan fingerprint density at radius 2 is 2.04 bits per heavy atom. The number of para-hydroxylation sites is 1. The van der Waals surface area contributed by atoms with Crippen molar-refractivity contribution in [1.82, 2.24) is 14.7 Å². The minimum atomic E-state index is -0.410. The van der Waals surface area contributed by atoms with E-state index in [-0.39, 0.29) is 30.4 Å². The quantitative estimate of drug-likeness (QED) is 0.757. The highest BCUT2D eigenvalue weighted by Crippen LogP contribution is 2.08. The van der Waals surface area contributed by atoms with Gasteiger partial charge in [0, 0.05) is 19.0 Å². The fourth-order valence-corrected chi connectivity index (χ4v) is 2.32. The number of aromatic nitrogens is 2. The molecule has 1 atom stereocenters. The molecule has 122 valence electrons. The van der Waals surface area contributed by atoms with E-state index in [1.54, 1.807) is 38.2 Å². The molecule has 0 bridgehead atoms. The number of rotatable bonds is 5. The molecule has 0 spiro atoms. The fraction of sp³-hybridized carbons (Fsp3) is 0.375. The van der Waals surface area contributed by atoms with Crippen molar-refractivity contribution in [2.75, 3.05) is 20.7 Å². The molecule has 23 heavy (non-hydrogen) atoms. The Balaban J connectivity index is 2.16. The lowest BCUT2D eigenvalue weighted by Gasteiger charge is -2.21. The van der Waals surface area contributed by atoms with Gasteiger partial charge in [0.1, 0.15) is 6.54 Å². The highest BCUT2D eigenvalue weighted by molar-refractivity contribution is 5.82. The number of esters is 1. The number of hydrogen-bond acceptors (Lipinski definition) is 5. The summed E-state index contributed by atoms with van der Waals surface area (Å²) in [7, 11) is 2.93. The van der Waals surface area contributed by atoms with Gasteiger partial charge in [0.05, 0.1) is 24.7 Å². The Hall–Kier alpha value is -2.70. The maximum atomic E-state index is 12.3. The van der Waals surface area contributed by atoms with Crippen LogP contribution in [0.3, 0.4) is 0 Å². The largest absolute Gasteiger partial charge is 0.469 e. The number of benzene rings is 1. The first kappa shape index (κ1) is 16.7. The zero-order valence-corrected chi connectivity index (χ0v) is 13.4. The van der Waals surface area contributed by atoms with E-state index in [4.69, 9.17) is 0 Å². The lowest BCUT2D eigenvalue weighted by molar-refractivity contribution is -0.146. The Morgan fingerprint density at radius 3 is 2.74 bits per heavy atom. The molecule has 2 aromatic rings. The highest BCUT2D eigenvalue weighted by atomic mass is 16.5. The van der Waals surface area contributed by atoms with Gasteiger partial charge in [-0.3, -0.25) is 19.1 Å². The van der Waals surface area contributed by atoms with Gasteiger partial charge >= 0.3 is 5.97 Å². The predicted molar refractivity (Wildman–Crippen MR) is 84.8 cm³/mol. The normalized spacial score (nSPS) is 12.0. The zero-order chi connectivity index (χ0) is 17.0. The number of fused-ring (bicyclic) bond motifs is 1. The minimum absolute atomic E-state index is 0.00874. The maximum absolute atomic E-state index is 12.3. The molecule has 7 nitrogen and oxygen atoms in total. The molecular weight excluding hydrogens is 298 g/mol. The van der Waals surface area contributed by atoms with Crippen LogP contribution in [0.15, 0.2) is 35.3 Å². The second-order valence-electron chi connectivity index (χ2n) is 5.38. The van der Waals surface area contributed by atoms with Crippen molar-refractivity contribution in [2.45, 2.75) is 13.5 Å². The van der Waals surface area contributed by atoms with Gasteiger partial charge in [-0.05, 0) is 12.1 Å². The van der Waals surface area contributed by atoms with Gasteiger partial charge < -0.3 is 9.64 Å². The van der Waals surface area contributed by atoms with Crippen molar-refractivity contribution in [3.8, 4) is 0 Å². The second-order valence-corrected chi connectivity index (χ2v) is 5.38. The molecule has 0 saturated heterocycles. The smallest absolute Gasteiger partial charge is 0.310 e. The minimum Gasteiger partial charge on any atom is -0.469 e. The molecule has 1 aromatic heterocycles. The predicted octanol–water partition coefficient (Wildman–Crippen LogP) is 0.664. The Labute approximate surface area is 133 Å². The molecular formula is C16H19N3O4. The van der Waals surface area contributed by atoms with Crippen LogP contribution in [-0.4, -0.2) is 47.3 Å². The van der Waals surface area contributed by atoms with Gasteiger partial charge in [-0.1, -0.05) is 19.1 Å². The summed E-state index contributed by atoms with van der Waals surface area (Å²) in [5, 5.41) is 4.54. The lowest BCUT2D eigenvalue weighted by Crippen LogP contribution is -2.36. The molecule has 0 aliphatic carbocycles. The first-order valence-corrected chi connectivity index (χ1v) is 7.20. The van der Waals surface area contributed by atoms with Crippen LogP contribution >= 0.6 is 0 Å². The Morgan fingerprint density at radius 1 is 1.35 bits per heavy atom. The second kappa shape index (κ2) is 7.04. The number of nitrogens with zero attached hydrogens (tertiary/aromatic N) is 3. The summed E-state index contributed by atoms with van der Waals surface area (Å²) >= 11 is 0. The van der Waals surface area contributed by atoms with Gasteiger partial charge in [-0.15, -0.1) is 0 Å². The molecule has 1 aromatic carbocycles. The van der Waals surface area contributed by atoms with E-state index >= 15 is 0 Å². The van der Waals surface area contributed by atoms with Crippen LogP contribution in [-0.2, 0) is 20.9 Å². The molecule has 2 rings (SSSR count). The van der Waals surface area contributed by atoms with Gasteiger partial charge in [-0.2, -0.15) is 5.10 Å². The third-order valence-electron chi connectivity index (χ3n) is 3.62. The van der Waals surface area contributed by atoms with Crippen LogP contribution in [0.1, 0.15) is 6.92 Å². The Kier molecular flexibility index (Phi) is 5.10. The molecule has 1 amide bonds. The van der Waals surface area contributed by atoms with Crippen LogP contribution in [0.5, 0.6) is 0 Å². The number of methoxy groups -OCH3 is 1. The Bertz CT molecular complexity index is 784. The molecule has 0 N–H and O–H groups in total. The van der Waals surface area contributed by atoms with Gasteiger partial charge in [0.15, 0.2) is 0 Å². The summed E-state index contributed by atoms with van der Waals surface area (Å²) < 4.78 is 6.14. The van der Waals surface area contributed by atoms with Gasteiger partial charge in [0.2, 0.25) is 11.3 Å². The maximum Gasteiger partial charge on any atom is 0.310 e. The van der Waals surface area contributed by atoms with Crippen LogP contribution in [0.25, 0.3) is 10.9 Å². The molecule has 1 unspecified atom stereocenters. The first-order valence-electron chi connectivity index (χ1n) is 7.20. The van der Waals surface area contributed by atoms with Crippen LogP contribution in [0.2, 0.25) is 0 Å². The number of ether oxygens (including phenoxy) is 1. The van der Waals surface area contributed by atoms with Crippen molar-refractivity contribution in [3.63, 3.8) is 0 Å². The summed E-state index contributed by atoms with van der Waals surface area (Å²) in [6, 6.07) is 6.99. The molecule has 7 heteroatoms. The number of hydrogen-bond donors (Lipinski definition) is 0. The van der Waals surface area contributed by atoms with Crippen LogP contribution in [0, 0.1) is 5.92 Å². The average molecular weight is 317 g/mol. The number of carbonyl (C=O) groups is 2. The van der Waals surface area contributed by atoms with E-state index in [1.807, 2.05) is 0 Å². The van der Waals surface area contributed by atoms with E-state index in [0.29, 0.717) is 10.9 Å². The topological polar surface area (TPSA) is 81.5 Å². The van der Waals surface area contributed by atoms with Crippen molar-refractivity contribution in [2.24, 2.45) is 5.92 Å². The summed E-state index contributed by atoms with van der Waals surface area (Å²) in [5.41, 5.74) is 0.416. The van der Waals surface area contributed by atoms with Crippen LogP contribution < -0.4 is 5.43 Å². The molecule has 1 heterocycles. The first-order chi connectivity index (χ1) is 10.9. The lowest BCUT2D eigenvalue weighted by atomic mass is 10.2. The monoisotopic (exact) mass is 317 g/mol. The van der Waals surface area contributed by atoms with Crippen molar-refractivity contribution in [3.05, 3.63) is 40.7 Å². The molecule has 0 aliphatic heterocycles. The van der Waals surface area contributed by atoms with E-state index in [9.17, 15) is 14.4 Å². The summed E-state index contributed by atoms with van der Waals surface area (Å²) in [4.78, 5) is 37.0. The van der Waals surface area contributed by atoms with Crippen molar-refractivity contribution in [1.29, 1.82) is 0 Å². The summed E-state index contributed by atoms with van der Waals surface area (Å²) in [6.07, 6.45) is 1.20. The third kappa shape index (κ3) is 3.74. The van der Waals surface area contributed by atoms with E-state index in [1.165, 1.54) is 22.9 Å². The fourth-order valence-electron chi connectivity index (χ4n) is 2.32. The molecule has 0 radical (unpaired) electrons. The molecule has 0 aliphatic rings. The van der Waals surface area contributed by atoms with Gasteiger partial charge in [0.25, 0.3) is 0 Å². The molecule has 0 fully saturated rings. The zero-order valence-electron chi connectivity index (χ0n) is 13.4. The molecule has 0 saturated carbocycles. The number of carbonyl (C=O) groups excluding carboxylic acids is 2. The van der Waals surface area contributed by atoms with E-state index < -0.39 is 5.92 Å². The van der Waals surface area contributed by atoms with Crippen LogP contribution in [0.4, 0.5) is 0 Å². The summed E-state index contributed by atoms with van der Waals surface area (Å²) in [5.74, 6) is -0.980. The third-order valence-corrected chi connectivity index (χ3v) is 3.62. The van der Waals surface area contributed by atoms with E-state index in [2.05, 4.69) is 9.84 Å². The van der Waals surface area contributed by atoms with E-state index in [0.717, 1.165) is 0 Å².